The molecule has 1 amide bonds. The number of aromatic nitrogens is 3. The molecule has 1 aliphatic rings. The number of halogens is 1. The second-order valence-electron chi connectivity index (χ2n) is 5.50. The van der Waals surface area contributed by atoms with Gasteiger partial charge in [-0.3, -0.25) is 9.78 Å². The predicted molar refractivity (Wildman–Crippen MR) is 81.7 cm³/mol. The number of pyridine rings is 1. The van der Waals surface area contributed by atoms with E-state index in [1.807, 2.05) is 6.92 Å². The van der Waals surface area contributed by atoms with Gasteiger partial charge in [-0.15, -0.1) is 0 Å². The van der Waals surface area contributed by atoms with Gasteiger partial charge in [-0.05, 0) is 12.1 Å². The van der Waals surface area contributed by atoms with Gasteiger partial charge in [-0.2, -0.15) is 4.98 Å². The van der Waals surface area contributed by atoms with Crippen LogP contribution in [0.2, 0.25) is 5.02 Å². The predicted octanol–water partition coefficient (Wildman–Crippen LogP) is 1.56. The number of nitrogens with zero attached hydrogens (tertiary/aromatic N) is 4. The number of hydrogen-bond donors (Lipinski definition) is 1. The number of carbonyl (C=O) groups is 1. The third-order valence-electron chi connectivity index (χ3n) is 3.81. The molecule has 0 unspecified atom stereocenters. The lowest BCUT2D eigenvalue weighted by Crippen LogP contribution is -2.33. The molecule has 23 heavy (non-hydrogen) atoms. The Morgan fingerprint density at radius 1 is 1.52 bits per heavy atom. The maximum absolute atomic E-state index is 12.6. The van der Waals surface area contributed by atoms with Gasteiger partial charge in [0.2, 0.25) is 11.8 Å². The van der Waals surface area contributed by atoms with Gasteiger partial charge in [-0.25, -0.2) is 0 Å². The molecule has 0 aromatic carbocycles. The first-order valence-corrected chi connectivity index (χ1v) is 7.85. The maximum Gasteiger partial charge on any atom is 0.249 e. The largest absolute Gasteiger partial charge is 0.391 e. The Morgan fingerprint density at radius 2 is 2.35 bits per heavy atom. The lowest BCUT2D eigenvalue weighted by atomic mass is 10.2. The number of hydrogen-bond acceptors (Lipinski definition) is 6. The van der Waals surface area contributed by atoms with E-state index in [4.69, 9.17) is 16.1 Å². The molecule has 1 N–H and O–H groups in total. The highest BCUT2D eigenvalue weighted by Crippen LogP contribution is 2.31. The first-order chi connectivity index (χ1) is 11.1. The zero-order valence-corrected chi connectivity index (χ0v) is 13.4. The Balaban J connectivity index is 1.75. The van der Waals surface area contributed by atoms with Crippen molar-refractivity contribution >= 4 is 17.5 Å². The molecule has 0 bridgehead atoms. The van der Waals surface area contributed by atoms with E-state index in [2.05, 4.69) is 15.1 Å². The summed E-state index contributed by atoms with van der Waals surface area (Å²) in [5.74, 6) is 0.821. The van der Waals surface area contributed by atoms with Crippen molar-refractivity contribution in [1.29, 1.82) is 0 Å². The van der Waals surface area contributed by atoms with Crippen LogP contribution in [-0.4, -0.2) is 43.7 Å². The molecule has 0 saturated carbocycles. The molecule has 3 rings (SSSR count). The first-order valence-electron chi connectivity index (χ1n) is 7.47. The topological polar surface area (TPSA) is 92.4 Å². The van der Waals surface area contributed by atoms with Crippen LogP contribution in [0.25, 0.3) is 0 Å². The van der Waals surface area contributed by atoms with Crippen molar-refractivity contribution in [2.75, 3.05) is 6.54 Å². The SMILES string of the molecule is CCc1noc([C@H]2C[C@H](O)CN2C(=O)Cc2ccc(Cl)cn2)n1. The molecule has 0 radical (unpaired) electrons. The van der Waals surface area contributed by atoms with Crippen LogP contribution in [-0.2, 0) is 17.6 Å². The van der Waals surface area contributed by atoms with E-state index in [0.29, 0.717) is 35.3 Å². The molecule has 0 aliphatic carbocycles. The van der Waals surface area contributed by atoms with Crippen LogP contribution in [0.3, 0.4) is 0 Å². The molecule has 7 nitrogen and oxygen atoms in total. The molecule has 1 fully saturated rings. The van der Waals surface area contributed by atoms with Crippen molar-refractivity contribution < 1.29 is 14.4 Å². The zero-order chi connectivity index (χ0) is 16.4. The van der Waals surface area contributed by atoms with Crippen molar-refractivity contribution in [1.82, 2.24) is 20.0 Å². The summed E-state index contributed by atoms with van der Waals surface area (Å²) >= 11 is 5.80. The number of aliphatic hydroxyl groups excluding tert-OH is 1. The highest BCUT2D eigenvalue weighted by molar-refractivity contribution is 6.30. The molecule has 1 saturated heterocycles. The molecule has 2 aromatic heterocycles. The molecule has 3 heterocycles. The van der Waals surface area contributed by atoms with Gasteiger partial charge < -0.3 is 14.5 Å². The zero-order valence-electron chi connectivity index (χ0n) is 12.6. The monoisotopic (exact) mass is 336 g/mol. The number of aryl methyl sites for hydroxylation is 1. The van der Waals surface area contributed by atoms with E-state index in [0.717, 1.165) is 0 Å². The summed E-state index contributed by atoms with van der Waals surface area (Å²) in [6.45, 7) is 2.17. The van der Waals surface area contributed by atoms with Crippen LogP contribution in [0.5, 0.6) is 0 Å². The van der Waals surface area contributed by atoms with Gasteiger partial charge in [-0.1, -0.05) is 23.7 Å². The fraction of sp³-hybridized carbons (Fsp3) is 0.467. The summed E-state index contributed by atoms with van der Waals surface area (Å²) in [4.78, 5) is 22.5. The number of carbonyl (C=O) groups excluding carboxylic acids is 1. The molecular weight excluding hydrogens is 320 g/mol. The van der Waals surface area contributed by atoms with Crippen LogP contribution in [0.15, 0.2) is 22.9 Å². The van der Waals surface area contributed by atoms with Crippen molar-refractivity contribution in [3.8, 4) is 0 Å². The van der Waals surface area contributed by atoms with E-state index in [1.165, 1.54) is 6.20 Å². The second kappa shape index (κ2) is 6.64. The molecular formula is C15H17ClN4O3. The van der Waals surface area contributed by atoms with Gasteiger partial charge in [0.25, 0.3) is 0 Å². The number of aliphatic hydroxyl groups is 1. The van der Waals surface area contributed by atoms with E-state index < -0.39 is 12.1 Å². The van der Waals surface area contributed by atoms with Gasteiger partial charge in [0.1, 0.15) is 6.04 Å². The Bertz CT molecular complexity index is 688. The lowest BCUT2D eigenvalue weighted by Gasteiger charge is -2.21. The number of rotatable bonds is 4. The van der Waals surface area contributed by atoms with Crippen LogP contribution in [0.1, 0.15) is 36.8 Å². The Labute approximate surface area is 138 Å². The molecule has 8 heteroatoms. The lowest BCUT2D eigenvalue weighted by molar-refractivity contribution is -0.132. The smallest absolute Gasteiger partial charge is 0.249 e. The van der Waals surface area contributed by atoms with Gasteiger partial charge in [0, 0.05) is 31.3 Å². The summed E-state index contributed by atoms with van der Waals surface area (Å²) in [6.07, 6.45) is 2.09. The average molecular weight is 337 g/mol. The number of amides is 1. The van der Waals surface area contributed by atoms with Crippen LogP contribution >= 0.6 is 11.6 Å². The standard InChI is InChI=1S/C15H17ClN4O3/c1-2-13-18-15(23-19-13)12-6-11(21)8-20(12)14(22)5-10-4-3-9(16)7-17-10/h3-4,7,11-12,21H,2,5-6,8H2,1H3/t11-,12+/m0/s1. The van der Waals surface area contributed by atoms with Crippen molar-refractivity contribution in [3.63, 3.8) is 0 Å². The summed E-state index contributed by atoms with van der Waals surface area (Å²) in [7, 11) is 0. The molecule has 1 aliphatic heterocycles. The number of β-amino-alcohol motifs (C(OH)–C–C–N with tert-alkyl or cyclic N) is 1. The highest BCUT2D eigenvalue weighted by Gasteiger charge is 2.38. The summed E-state index contributed by atoms with van der Waals surface area (Å²) in [6, 6.07) is 3.01. The van der Waals surface area contributed by atoms with Crippen LogP contribution < -0.4 is 0 Å². The molecule has 2 aromatic rings. The summed E-state index contributed by atoms with van der Waals surface area (Å²) in [5.41, 5.74) is 0.624. The van der Waals surface area contributed by atoms with Gasteiger partial charge in [0.05, 0.1) is 17.5 Å². The minimum atomic E-state index is -0.598. The van der Waals surface area contributed by atoms with E-state index >= 15 is 0 Å². The maximum atomic E-state index is 12.6. The van der Waals surface area contributed by atoms with Crippen molar-refractivity contribution in [2.45, 2.75) is 38.3 Å². The highest BCUT2D eigenvalue weighted by atomic mass is 35.5. The van der Waals surface area contributed by atoms with Gasteiger partial charge in [0.15, 0.2) is 5.82 Å². The Hall–Kier alpha value is -1.99. The quantitative estimate of drug-likeness (QED) is 0.910. The third kappa shape index (κ3) is 3.51. The Kier molecular flexibility index (Phi) is 4.58. The fourth-order valence-corrected chi connectivity index (χ4v) is 2.75. The van der Waals surface area contributed by atoms with Crippen molar-refractivity contribution in [2.24, 2.45) is 0 Å². The Morgan fingerprint density at radius 3 is 3.00 bits per heavy atom. The second-order valence-corrected chi connectivity index (χ2v) is 5.93. The molecule has 122 valence electrons. The minimum Gasteiger partial charge on any atom is -0.391 e. The van der Waals surface area contributed by atoms with E-state index in [-0.39, 0.29) is 18.9 Å². The summed E-state index contributed by atoms with van der Waals surface area (Å²) < 4.78 is 5.23. The van der Waals surface area contributed by atoms with Crippen LogP contribution in [0.4, 0.5) is 0 Å². The molecule has 0 spiro atoms. The van der Waals surface area contributed by atoms with Crippen molar-refractivity contribution in [3.05, 3.63) is 40.8 Å². The third-order valence-corrected chi connectivity index (χ3v) is 4.03. The minimum absolute atomic E-state index is 0.134. The average Bonchev–Trinajstić information content (AvgIpc) is 3.15. The molecule has 2 atom stereocenters. The number of likely N-dealkylation sites (tertiary alicyclic amines) is 1. The van der Waals surface area contributed by atoms with Crippen LogP contribution in [0, 0.1) is 0 Å². The normalized spacial score (nSPS) is 20.9. The fourth-order valence-electron chi connectivity index (χ4n) is 2.64. The van der Waals surface area contributed by atoms with Gasteiger partial charge >= 0.3 is 0 Å². The van der Waals surface area contributed by atoms with E-state index in [9.17, 15) is 9.90 Å². The van der Waals surface area contributed by atoms with E-state index in [1.54, 1.807) is 17.0 Å². The first kappa shape index (κ1) is 15.9. The summed E-state index contributed by atoms with van der Waals surface area (Å²) in [5, 5.41) is 14.3.